The number of hydrogen-bond acceptors (Lipinski definition) is 5. The van der Waals surface area contributed by atoms with E-state index in [1.807, 2.05) is 18.2 Å². The first kappa shape index (κ1) is 16.4. The number of fused-ring (bicyclic) bond motifs is 2. The fraction of sp³-hybridized carbons (Fsp3) is 0.421. The summed E-state index contributed by atoms with van der Waals surface area (Å²) in [6.45, 7) is 5.85. The van der Waals surface area contributed by atoms with Crippen LogP contribution in [0.15, 0.2) is 18.2 Å². The lowest BCUT2D eigenvalue weighted by molar-refractivity contribution is -0.131. The van der Waals surface area contributed by atoms with Crippen molar-refractivity contribution in [2.75, 3.05) is 7.11 Å². The summed E-state index contributed by atoms with van der Waals surface area (Å²) in [7, 11) is 1.59. The SMILES string of the molecule is COc1cccc2c(OC(C)=O)c3c4c(c12)O[Si]OC4CC(C)(C)C3. The van der Waals surface area contributed by atoms with E-state index in [9.17, 15) is 4.79 Å². The molecule has 130 valence electrons. The number of rotatable bonds is 2. The van der Waals surface area contributed by atoms with Gasteiger partial charge in [-0.3, -0.25) is 4.79 Å². The Hall–Kier alpha value is -2.05. The van der Waals surface area contributed by atoms with Crippen molar-refractivity contribution in [3.05, 3.63) is 29.3 Å². The van der Waals surface area contributed by atoms with Gasteiger partial charge in [0.2, 0.25) is 0 Å². The standard InChI is InChI=1S/C19H20O5Si/c1-10(20)22-17-11-6-5-7-13(21-4)15(11)18-16-12(17)8-19(2,3)9-14(16)23-25-24-18/h5-7,14H,8-9H2,1-4H3. The van der Waals surface area contributed by atoms with Crippen LogP contribution in [-0.2, 0) is 15.6 Å². The maximum atomic E-state index is 11.8. The molecule has 1 aliphatic carbocycles. The highest BCUT2D eigenvalue weighted by Gasteiger charge is 2.41. The number of methoxy groups -OCH3 is 1. The van der Waals surface area contributed by atoms with E-state index in [-0.39, 0.29) is 27.5 Å². The summed E-state index contributed by atoms with van der Waals surface area (Å²) in [4.78, 5) is 11.8. The topological polar surface area (TPSA) is 54.0 Å². The minimum Gasteiger partial charge on any atom is -0.516 e. The van der Waals surface area contributed by atoms with Gasteiger partial charge in [0.25, 0.3) is 0 Å². The van der Waals surface area contributed by atoms with Gasteiger partial charge < -0.3 is 18.3 Å². The van der Waals surface area contributed by atoms with Gasteiger partial charge in [0, 0.05) is 23.4 Å². The minimum absolute atomic E-state index is 0.0473. The maximum absolute atomic E-state index is 11.8. The average molecular weight is 356 g/mol. The lowest BCUT2D eigenvalue weighted by Crippen LogP contribution is -2.33. The molecule has 1 aliphatic heterocycles. The second kappa shape index (κ2) is 5.74. The van der Waals surface area contributed by atoms with Crippen LogP contribution in [0.3, 0.4) is 0 Å². The molecule has 0 saturated heterocycles. The van der Waals surface area contributed by atoms with E-state index in [1.54, 1.807) is 7.11 Å². The summed E-state index contributed by atoms with van der Waals surface area (Å²) in [6.07, 6.45) is 1.66. The molecule has 0 saturated carbocycles. The van der Waals surface area contributed by atoms with E-state index >= 15 is 0 Å². The van der Waals surface area contributed by atoms with Gasteiger partial charge in [-0.2, -0.15) is 0 Å². The molecule has 2 radical (unpaired) electrons. The largest absolute Gasteiger partial charge is 0.521 e. The lowest BCUT2D eigenvalue weighted by Gasteiger charge is -2.40. The Kier molecular flexibility index (Phi) is 3.77. The Bertz CT molecular complexity index is 874. The molecule has 2 aromatic rings. The molecule has 4 rings (SSSR count). The molecule has 0 N–H and O–H groups in total. The number of esters is 1. The van der Waals surface area contributed by atoms with Crippen LogP contribution in [0.2, 0.25) is 0 Å². The highest BCUT2D eigenvalue weighted by molar-refractivity contribution is 6.21. The zero-order valence-corrected chi connectivity index (χ0v) is 15.8. The van der Waals surface area contributed by atoms with Crippen molar-refractivity contribution in [1.82, 2.24) is 0 Å². The third-order valence-electron chi connectivity index (χ3n) is 4.86. The molecule has 1 heterocycles. The third-order valence-corrected chi connectivity index (χ3v) is 5.53. The number of carbonyl (C=O) groups is 1. The van der Waals surface area contributed by atoms with Crippen LogP contribution >= 0.6 is 0 Å². The smallest absolute Gasteiger partial charge is 0.516 e. The summed E-state index contributed by atoms with van der Waals surface area (Å²) < 4.78 is 23.1. The number of ether oxygens (including phenoxy) is 2. The van der Waals surface area contributed by atoms with Crippen LogP contribution in [0, 0.1) is 5.41 Å². The number of benzene rings is 2. The quantitative estimate of drug-likeness (QED) is 0.466. The normalized spacial score (nSPS) is 20.6. The van der Waals surface area contributed by atoms with Gasteiger partial charge in [-0.05, 0) is 24.3 Å². The number of hydrogen-bond donors (Lipinski definition) is 0. The van der Waals surface area contributed by atoms with E-state index < -0.39 is 0 Å². The summed E-state index contributed by atoms with van der Waals surface area (Å²) in [5.41, 5.74) is 2.07. The molecular formula is C19H20O5Si. The molecule has 25 heavy (non-hydrogen) atoms. The Morgan fingerprint density at radius 2 is 2.16 bits per heavy atom. The summed E-state index contributed by atoms with van der Waals surface area (Å²) in [5, 5.41) is 1.69. The predicted octanol–water partition coefficient (Wildman–Crippen LogP) is 3.73. The monoisotopic (exact) mass is 356 g/mol. The fourth-order valence-corrected chi connectivity index (χ4v) is 4.60. The van der Waals surface area contributed by atoms with Crippen LogP contribution in [0.25, 0.3) is 10.8 Å². The van der Waals surface area contributed by atoms with Crippen molar-refractivity contribution >= 4 is 26.7 Å². The van der Waals surface area contributed by atoms with Crippen molar-refractivity contribution in [2.45, 2.75) is 39.7 Å². The Morgan fingerprint density at radius 3 is 2.88 bits per heavy atom. The van der Waals surface area contributed by atoms with E-state index in [4.69, 9.17) is 18.3 Å². The van der Waals surface area contributed by atoms with E-state index in [1.165, 1.54) is 6.92 Å². The molecule has 0 spiro atoms. The van der Waals surface area contributed by atoms with E-state index in [0.717, 1.165) is 40.5 Å². The van der Waals surface area contributed by atoms with Crippen molar-refractivity contribution < 1.29 is 23.1 Å². The van der Waals surface area contributed by atoms with Crippen molar-refractivity contribution in [3.8, 4) is 17.2 Å². The first-order valence-corrected chi connectivity index (χ1v) is 9.14. The molecule has 1 atom stereocenters. The zero-order chi connectivity index (χ0) is 17.8. The van der Waals surface area contributed by atoms with E-state index in [2.05, 4.69) is 13.8 Å². The van der Waals surface area contributed by atoms with Crippen LogP contribution in [0.1, 0.15) is 44.4 Å². The molecule has 0 aromatic heterocycles. The lowest BCUT2D eigenvalue weighted by atomic mass is 9.71. The Balaban J connectivity index is 2.12. The second-order valence-corrected chi connectivity index (χ2v) is 7.97. The summed E-state index contributed by atoms with van der Waals surface area (Å²) in [6, 6.07) is 5.75. The van der Waals surface area contributed by atoms with Crippen LogP contribution in [0.4, 0.5) is 0 Å². The molecule has 2 aliphatic rings. The van der Waals surface area contributed by atoms with E-state index in [0.29, 0.717) is 11.5 Å². The third kappa shape index (κ3) is 2.60. The zero-order valence-electron chi connectivity index (χ0n) is 14.8. The first-order chi connectivity index (χ1) is 11.9. The fourth-order valence-electron chi connectivity index (χ4n) is 3.94. The first-order valence-electron chi connectivity index (χ1n) is 8.32. The van der Waals surface area contributed by atoms with Crippen molar-refractivity contribution in [1.29, 1.82) is 0 Å². The molecule has 6 heteroatoms. The van der Waals surface area contributed by atoms with Gasteiger partial charge in [-0.15, -0.1) is 0 Å². The van der Waals surface area contributed by atoms with Gasteiger partial charge in [0.05, 0.1) is 18.6 Å². The summed E-state index contributed by atoms with van der Waals surface area (Å²) >= 11 is 0. The molecule has 5 nitrogen and oxygen atoms in total. The van der Waals surface area contributed by atoms with Gasteiger partial charge >= 0.3 is 16.0 Å². The predicted molar refractivity (Wildman–Crippen MR) is 94.1 cm³/mol. The van der Waals surface area contributed by atoms with Gasteiger partial charge in [-0.25, -0.2) is 0 Å². The Morgan fingerprint density at radius 1 is 1.36 bits per heavy atom. The maximum Gasteiger partial charge on any atom is 0.521 e. The highest BCUT2D eigenvalue weighted by Crippen LogP contribution is 2.55. The molecule has 2 aromatic carbocycles. The van der Waals surface area contributed by atoms with Crippen LogP contribution < -0.4 is 13.9 Å². The minimum atomic E-state index is -0.334. The highest BCUT2D eigenvalue weighted by atomic mass is 28.3. The van der Waals surface area contributed by atoms with Gasteiger partial charge in [-0.1, -0.05) is 26.0 Å². The second-order valence-electron chi connectivity index (χ2n) is 7.36. The summed E-state index contributed by atoms with van der Waals surface area (Å²) in [5.74, 6) is 1.79. The Labute approximate surface area is 149 Å². The van der Waals surface area contributed by atoms with Crippen LogP contribution in [-0.4, -0.2) is 23.1 Å². The van der Waals surface area contributed by atoms with Gasteiger partial charge in [0.15, 0.2) is 0 Å². The number of carbonyl (C=O) groups excluding carboxylic acids is 1. The average Bonchev–Trinajstić information content (AvgIpc) is 2.56. The van der Waals surface area contributed by atoms with Gasteiger partial charge in [0.1, 0.15) is 17.2 Å². The van der Waals surface area contributed by atoms with Crippen molar-refractivity contribution in [2.24, 2.45) is 5.41 Å². The molecular weight excluding hydrogens is 336 g/mol. The molecule has 0 bridgehead atoms. The van der Waals surface area contributed by atoms with Crippen LogP contribution in [0.5, 0.6) is 17.2 Å². The molecule has 0 fully saturated rings. The molecule has 1 unspecified atom stereocenters. The van der Waals surface area contributed by atoms with Crippen molar-refractivity contribution in [3.63, 3.8) is 0 Å². The molecule has 0 amide bonds.